The molecule has 0 amide bonds. The first-order valence-corrected chi connectivity index (χ1v) is 9.87. The maximum Gasteiger partial charge on any atom is 0.174 e. The standard InChI is InChI=1S/C22H30O2/c1-3-15-4-6-17-16(14-15)5-7-19-18(17)8-10-21(2)20(19)9-11-22(21)23-12-13-24-22/h4,6,14,18-20H,3,5,7-13H2,1-2H3/t18-,19-,20+,21+/m1/s1/i3D/t3?,18-,19-,20+,21+. The van der Waals surface area contributed by atoms with Gasteiger partial charge in [-0.25, -0.2) is 0 Å². The third-order valence-corrected chi connectivity index (χ3v) is 7.88. The molecular formula is C22H30O2. The maximum atomic E-state index is 8.00. The molecular weight excluding hydrogens is 296 g/mol. The summed E-state index contributed by atoms with van der Waals surface area (Å²) in [7, 11) is 0. The predicted octanol–water partition coefficient (Wildman–Crippen LogP) is 4.85. The second kappa shape index (κ2) is 5.32. The Morgan fingerprint density at radius 2 is 2.00 bits per heavy atom. The van der Waals surface area contributed by atoms with Crippen LogP contribution in [0.3, 0.4) is 0 Å². The summed E-state index contributed by atoms with van der Waals surface area (Å²) < 4.78 is 20.4. The van der Waals surface area contributed by atoms with E-state index in [1.807, 2.05) is 6.92 Å². The summed E-state index contributed by atoms with van der Waals surface area (Å²) in [6, 6.07) is 6.87. The van der Waals surface area contributed by atoms with Crippen LogP contribution in [-0.2, 0) is 22.3 Å². The molecule has 1 unspecified atom stereocenters. The Morgan fingerprint density at radius 1 is 1.17 bits per heavy atom. The summed E-state index contributed by atoms with van der Waals surface area (Å²) in [6.45, 7) is 5.96. The normalized spacial score (nSPS) is 41.4. The Kier molecular flexibility index (Phi) is 3.17. The summed E-state index contributed by atoms with van der Waals surface area (Å²) in [5, 5.41) is 0. The molecule has 1 aromatic carbocycles. The van der Waals surface area contributed by atoms with Gasteiger partial charge in [-0.3, -0.25) is 0 Å². The molecule has 0 aromatic heterocycles. The molecule has 5 rings (SSSR count). The first kappa shape index (κ1) is 14.3. The van der Waals surface area contributed by atoms with Gasteiger partial charge in [-0.15, -0.1) is 0 Å². The molecule has 4 aliphatic rings. The van der Waals surface area contributed by atoms with E-state index in [9.17, 15) is 0 Å². The Morgan fingerprint density at radius 3 is 2.79 bits per heavy atom. The van der Waals surface area contributed by atoms with Crippen LogP contribution in [0, 0.1) is 17.3 Å². The average molecular weight is 327 g/mol. The van der Waals surface area contributed by atoms with Crippen molar-refractivity contribution in [2.45, 2.75) is 70.5 Å². The fourth-order valence-corrected chi connectivity index (χ4v) is 6.67. The van der Waals surface area contributed by atoms with Gasteiger partial charge in [0.1, 0.15) is 0 Å². The van der Waals surface area contributed by atoms with E-state index in [0.717, 1.165) is 31.5 Å². The van der Waals surface area contributed by atoms with E-state index in [-0.39, 0.29) is 17.6 Å². The van der Waals surface area contributed by atoms with Gasteiger partial charge < -0.3 is 9.47 Å². The summed E-state index contributed by atoms with van der Waals surface area (Å²) in [5.41, 5.74) is 4.46. The van der Waals surface area contributed by atoms with Crippen molar-refractivity contribution in [3.8, 4) is 0 Å². The largest absolute Gasteiger partial charge is 0.347 e. The molecule has 3 fully saturated rings. The average Bonchev–Trinajstić information content (AvgIpc) is 3.21. The van der Waals surface area contributed by atoms with Crippen LogP contribution in [0.25, 0.3) is 0 Å². The van der Waals surface area contributed by atoms with Crippen molar-refractivity contribution in [3.05, 3.63) is 34.9 Å². The lowest BCUT2D eigenvalue weighted by Crippen LogP contribution is -2.51. The van der Waals surface area contributed by atoms with Gasteiger partial charge in [-0.2, -0.15) is 0 Å². The minimum atomic E-state index is -0.284. The molecule has 0 radical (unpaired) electrons. The van der Waals surface area contributed by atoms with Crippen LogP contribution in [0.4, 0.5) is 0 Å². The molecule has 3 aliphatic carbocycles. The first-order valence-electron chi connectivity index (χ1n) is 10.4. The minimum absolute atomic E-state index is 0.121. The van der Waals surface area contributed by atoms with Crippen LogP contribution in [0.1, 0.15) is 69.9 Å². The van der Waals surface area contributed by atoms with Gasteiger partial charge in [0.15, 0.2) is 5.79 Å². The number of fused-ring (bicyclic) bond motifs is 6. The Hall–Kier alpha value is -0.860. The molecule has 1 aromatic rings. The monoisotopic (exact) mass is 327 g/mol. The smallest absolute Gasteiger partial charge is 0.174 e. The molecule has 2 saturated carbocycles. The fourth-order valence-electron chi connectivity index (χ4n) is 6.67. The highest BCUT2D eigenvalue weighted by Crippen LogP contribution is 2.66. The van der Waals surface area contributed by atoms with Gasteiger partial charge in [0.05, 0.1) is 13.2 Å². The van der Waals surface area contributed by atoms with Crippen LogP contribution >= 0.6 is 0 Å². The van der Waals surface area contributed by atoms with Crippen molar-refractivity contribution in [3.63, 3.8) is 0 Å². The lowest BCUT2D eigenvalue weighted by Gasteiger charge is -2.52. The van der Waals surface area contributed by atoms with Gasteiger partial charge in [-0.1, -0.05) is 32.0 Å². The topological polar surface area (TPSA) is 18.5 Å². The number of rotatable bonds is 1. The van der Waals surface area contributed by atoms with E-state index in [1.54, 1.807) is 5.56 Å². The van der Waals surface area contributed by atoms with E-state index in [4.69, 9.17) is 10.8 Å². The molecule has 1 heterocycles. The quantitative estimate of drug-likeness (QED) is 0.734. The van der Waals surface area contributed by atoms with E-state index in [0.29, 0.717) is 5.92 Å². The molecule has 24 heavy (non-hydrogen) atoms. The van der Waals surface area contributed by atoms with E-state index < -0.39 is 0 Å². The van der Waals surface area contributed by atoms with Crippen molar-refractivity contribution in [2.75, 3.05) is 13.2 Å². The van der Waals surface area contributed by atoms with E-state index in [2.05, 4.69) is 25.1 Å². The van der Waals surface area contributed by atoms with Crippen molar-refractivity contribution >= 4 is 0 Å². The van der Waals surface area contributed by atoms with E-state index in [1.165, 1.54) is 43.2 Å². The van der Waals surface area contributed by atoms with Crippen LogP contribution < -0.4 is 0 Å². The van der Waals surface area contributed by atoms with Crippen molar-refractivity contribution in [2.24, 2.45) is 17.3 Å². The van der Waals surface area contributed by atoms with Gasteiger partial charge in [0.25, 0.3) is 0 Å². The summed E-state index contributed by atoms with van der Waals surface area (Å²) in [4.78, 5) is 0. The third kappa shape index (κ3) is 1.90. The minimum Gasteiger partial charge on any atom is -0.347 e. The Balaban J connectivity index is 1.48. The Bertz CT molecular complexity index is 679. The van der Waals surface area contributed by atoms with Gasteiger partial charge >= 0.3 is 0 Å². The lowest BCUT2D eigenvalue weighted by molar-refractivity contribution is -0.237. The molecule has 5 atom stereocenters. The summed E-state index contributed by atoms with van der Waals surface area (Å²) in [5.74, 6) is 1.92. The Labute approximate surface area is 147 Å². The second-order valence-corrected chi connectivity index (χ2v) is 8.61. The summed E-state index contributed by atoms with van der Waals surface area (Å²) in [6.07, 6.45) is 7.17. The molecule has 2 heteroatoms. The molecule has 2 nitrogen and oxygen atoms in total. The number of hydrogen-bond acceptors (Lipinski definition) is 2. The highest BCUT2D eigenvalue weighted by atomic mass is 16.7. The molecule has 1 spiro atoms. The third-order valence-electron chi connectivity index (χ3n) is 7.88. The SMILES string of the molecule is [2H]C(C)c1ccc2c(c1)CC[C@@H]1[C@@H]2CC[C@@]2(C)[C@H]1CCC21OCCO1. The zero-order valence-corrected chi connectivity index (χ0v) is 15.0. The maximum absolute atomic E-state index is 8.00. The van der Waals surface area contributed by atoms with Gasteiger partial charge in [-0.05, 0) is 72.9 Å². The molecule has 1 aliphatic heterocycles. The molecule has 0 N–H and O–H groups in total. The van der Waals surface area contributed by atoms with Crippen molar-refractivity contribution in [1.29, 1.82) is 0 Å². The zero-order valence-electron chi connectivity index (χ0n) is 16.0. The zero-order chi connectivity index (χ0) is 17.2. The number of ether oxygens (including phenoxy) is 2. The first-order chi connectivity index (χ1) is 12.0. The summed E-state index contributed by atoms with van der Waals surface area (Å²) >= 11 is 0. The van der Waals surface area contributed by atoms with E-state index >= 15 is 0 Å². The van der Waals surface area contributed by atoms with Crippen LogP contribution in [0.5, 0.6) is 0 Å². The molecule has 130 valence electrons. The predicted molar refractivity (Wildman–Crippen MR) is 95.1 cm³/mol. The van der Waals surface area contributed by atoms with Gasteiger partial charge in [0.2, 0.25) is 0 Å². The van der Waals surface area contributed by atoms with Crippen molar-refractivity contribution in [1.82, 2.24) is 0 Å². The van der Waals surface area contributed by atoms with Gasteiger partial charge in [0, 0.05) is 13.2 Å². The van der Waals surface area contributed by atoms with Crippen molar-refractivity contribution < 1.29 is 10.8 Å². The fraction of sp³-hybridized carbons (Fsp3) is 0.727. The highest BCUT2D eigenvalue weighted by Gasteiger charge is 2.64. The molecule has 0 bridgehead atoms. The van der Waals surface area contributed by atoms with Crippen LogP contribution in [0.2, 0.25) is 0 Å². The number of benzene rings is 1. The second-order valence-electron chi connectivity index (χ2n) is 8.61. The number of hydrogen-bond donors (Lipinski definition) is 0. The lowest BCUT2D eigenvalue weighted by atomic mass is 9.55. The highest BCUT2D eigenvalue weighted by molar-refractivity contribution is 5.38. The number of aryl methyl sites for hydroxylation is 2. The molecule has 1 saturated heterocycles. The van der Waals surface area contributed by atoms with Crippen LogP contribution in [0.15, 0.2) is 18.2 Å². The van der Waals surface area contributed by atoms with Crippen LogP contribution in [-0.4, -0.2) is 19.0 Å².